The maximum absolute atomic E-state index is 3.42. The van der Waals surface area contributed by atoms with E-state index in [0.717, 1.165) is 5.92 Å². The molecular formula is C9H20Cl2N2. The van der Waals surface area contributed by atoms with Gasteiger partial charge in [0.05, 0.1) is 0 Å². The van der Waals surface area contributed by atoms with Gasteiger partial charge < -0.3 is 10.2 Å². The molecule has 0 aliphatic carbocycles. The molecule has 0 aromatic heterocycles. The second-order valence-electron chi connectivity index (χ2n) is 3.87. The van der Waals surface area contributed by atoms with Crippen molar-refractivity contribution in [2.45, 2.75) is 19.3 Å². The summed E-state index contributed by atoms with van der Waals surface area (Å²) in [5, 5.41) is 3.42. The first-order valence-electron chi connectivity index (χ1n) is 4.88. The summed E-state index contributed by atoms with van der Waals surface area (Å²) in [4.78, 5) is 2.62. The van der Waals surface area contributed by atoms with E-state index >= 15 is 0 Å². The molecule has 0 aromatic carbocycles. The van der Waals surface area contributed by atoms with Gasteiger partial charge in [-0.1, -0.05) is 0 Å². The number of rotatable bonds is 2. The minimum Gasteiger partial charge on any atom is -0.316 e. The van der Waals surface area contributed by atoms with Gasteiger partial charge in [-0.3, -0.25) is 0 Å². The number of nitrogens with one attached hydrogen (secondary N) is 1. The first-order chi connectivity index (χ1) is 5.45. The summed E-state index contributed by atoms with van der Waals surface area (Å²) in [6.07, 6.45) is 4.26. The van der Waals surface area contributed by atoms with Crippen molar-refractivity contribution in [2.75, 3.05) is 32.7 Å². The lowest BCUT2D eigenvalue weighted by Gasteiger charge is -2.18. The number of likely N-dealkylation sites (tertiary alicyclic amines) is 1. The molecule has 2 saturated heterocycles. The van der Waals surface area contributed by atoms with Crippen LogP contribution < -0.4 is 5.32 Å². The van der Waals surface area contributed by atoms with Crippen molar-refractivity contribution in [3.8, 4) is 0 Å². The maximum atomic E-state index is 3.42. The minimum absolute atomic E-state index is 0. The number of nitrogens with zero attached hydrogens (tertiary/aromatic N) is 1. The molecule has 2 heterocycles. The van der Waals surface area contributed by atoms with E-state index < -0.39 is 0 Å². The number of hydrogen-bond acceptors (Lipinski definition) is 2. The molecule has 1 N–H and O–H groups in total. The normalized spacial score (nSPS) is 28.2. The van der Waals surface area contributed by atoms with Gasteiger partial charge in [0.15, 0.2) is 0 Å². The second-order valence-corrected chi connectivity index (χ2v) is 3.87. The van der Waals surface area contributed by atoms with Crippen LogP contribution in [0.4, 0.5) is 0 Å². The quantitative estimate of drug-likeness (QED) is 0.769. The third-order valence-corrected chi connectivity index (χ3v) is 2.88. The van der Waals surface area contributed by atoms with Crippen molar-refractivity contribution in [3.63, 3.8) is 0 Å². The number of halogens is 2. The maximum Gasteiger partial charge on any atom is 0.00223 e. The standard InChI is InChI=1S/C9H18N2.2ClH/c1-2-6-11(5-1)8-9-3-4-10-7-9;;/h9-10H,1-8H2;2*1H. The first-order valence-corrected chi connectivity index (χ1v) is 4.88. The fraction of sp³-hybridized carbons (Fsp3) is 1.00. The van der Waals surface area contributed by atoms with E-state index in [1.807, 2.05) is 0 Å². The predicted molar refractivity (Wildman–Crippen MR) is 61.1 cm³/mol. The van der Waals surface area contributed by atoms with Crippen molar-refractivity contribution in [1.29, 1.82) is 0 Å². The van der Waals surface area contributed by atoms with Gasteiger partial charge in [0.25, 0.3) is 0 Å². The molecule has 0 saturated carbocycles. The Kier molecular flexibility index (Phi) is 7.15. The SMILES string of the molecule is C1CCN(CC2CCNC2)C1.Cl.Cl. The monoisotopic (exact) mass is 226 g/mol. The molecule has 80 valence electrons. The Balaban J connectivity index is 0.000000720. The van der Waals surface area contributed by atoms with Crippen LogP contribution in [0.15, 0.2) is 0 Å². The highest BCUT2D eigenvalue weighted by atomic mass is 35.5. The Hall–Kier alpha value is 0.500. The molecule has 2 aliphatic rings. The zero-order valence-electron chi connectivity index (χ0n) is 8.00. The van der Waals surface area contributed by atoms with Crippen LogP contribution in [0.3, 0.4) is 0 Å². The molecule has 2 fully saturated rings. The molecule has 2 nitrogen and oxygen atoms in total. The fourth-order valence-electron chi connectivity index (χ4n) is 2.20. The third-order valence-electron chi connectivity index (χ3n) is 2.88. The second kappa shape index (κ2) is 6.88. The summed E-state index contributed by atoms with van der Waals surface area (Å²) in [5.74, 6) is 0.952. The smallest absolute Gasteiger partial charge is 0.00223 e. The molecule has 1 unspecified atom stereocenters. The molecule has 0 amide bonds. The zero-order chi connectivity index (χ0) is 7.52. The van der Waals surface area contributed by atoms with Crippen LogP contribution in [0, 0.1) is 5.92 Å². The predicted octanol–water partition coefficient (Wildman–Crippen LogP) is 1.54. The molecule has 0 radical (unpaired) electrons. The van der Waals surface area contributed by atoms with E-state index in [1.54, 1.807) is 0 Å². The molecule has 2 aliphatic heterocycles. The Morgan fingerprint density at radius 2 is 1.85 bits per heavy atom. The molecule has 1 atom stereocenters. The Labute approximate surface area is 93.3 Å². The van der Waals surface area contributed by atoms with Crippen LogP contribution >= 0.6 is 24.8 Å². The van der Waals surface area contributed by atoms with Crippen molar-refractivity contribution < 1.29 is 0 Å². The minimum atomic E-state index is 0. The summed E-state index contributed by atoms with van der Waals surface area (Å²) in [6, 6.07) is 0. The lowest BCUT2D eigenvalue weighted by atomic mass is 10.1. The van der Waals surface area contributed by atoms with Crippen LogP contribution in [-0.2, 0) is 0 Å². The van der Waals surface area contributed by atoms with Gasteiger partial charge in [-0.15, -0.1) is 24.8 Å². The van der Waals surface area contributed by atoms with E-state index in [2.05, 4.69) is 10.2 Å². The van der Waals surface area contributed by atoms with Gasteiger partial charge in [0.2, 0.25) is 0 Å². The summed E-state index contributed by atoms with van der Waals surface area (Å²) in [5.41, 5.74) is 0. The van der Waals surface area contributed by atoms with Gasteiger partial charge in [0, 0.05) is 6.54 Å². The number of hydrogen-bond donors (Lipinski definition) is 1. The first kappa shape index (κ1) is 13.5. The summed E-state index contributed by atoms with van der Waals surface area (Å²) >= 11 is 0. The third kappa shape index (κ3) is 4.03. The average Bonchev–Trinajstić information content (AvgIpc) is 2.60. The van der Waals surface area contributed by atoms with Crippen molar-refractivity contribution in [1.82, 2.24) is 10.2 Å². The summed E-state index contributed by atoms with van der Waals surface area (Å²) in [7, 11) is 0. The van der Waals surface area contributed by atoms with Gasteiger partial charge in [-0.2, -0.15) is 0 Å². The van der Waals surface area contributed by atoms with Gasteiger partial charge in [0.1, 0.15) is 0 Å². The Morgan fingerprint density at radius 3 is 2.38 bits per heavy atom. The summed E-state index contributed by atoms with van der Waals surface area (Å²) < 4.78 is 0. The van der Waals surface area contributed by atoms with Crippen molar-refractivity contribution in [2.24, 2.45) is 5.92 Å². The van der Waals surface area contributed by atoms with E-state index in [-0.39, 0.29) is 24.8 Å². The molecule has 0 aromatic rings. The van der Waals surface area contributed by atoms with E-state index in [0.29, 0.717) is 0 Å². The highest BCUT2D eigenvalue weighted by molar-refractivity contribution is 5.85. The molecule has 2 rings (SSSR count). The highest BCUT2D eigenvalue weighted by Gasteiger charge is 2.19. The van der Waals surface area contributed by atoms with Crippen LogP contribution in [0.25, 0.3) is 0 Å². The molecule has 13 heavy (non-hydrogen) atoms. The highest BCUT2D eigenvalue weighted by Crippen LogP contribution is 2.14. The Morgan fingerprint density at radius 1 is 1.15 bits per heavy atom. The Bertz CT molecular complexity index is 107. The molecular weight excluding hydrogens is 207 g/mol. The largest absolute Gasteiger partial charge is 0.316 e. The van der Waals surface area contributed by atoms with Gasteiger partial charge >= 0.3 is 0 Å². The lowest BCUT2D eigenvalue weighted by Crippen LogP contribution is -2.27. The fourth-order valence-corrected chi connectivity index (χ4v) is 2.20. The zero-order valence-corrected chi connectivity index (χ0v) is 9.63. The van der Waals surface area contributed by atoms with Crippen molar-refractivity contribution >= 4 is 24.8 Å². The lowest BCUT2D eigenvalue weighted by molar-refractivity contribution is 0.288. The molecule has 4 heteroatoms. The van der Waals surface area contributed by atoms with Gasteiger partial charge in [-0.05, 0) is 51.4 Å². The van der Waals surface area contributed by atoms with Crippen LogP contribution in [0.5, 0.6) is 0 Å². The average molecular weight is 227 g/mol. The van der Waals surface area contributed by atoms with Crippen LogP contribution in [-0.4, -0.2) is 37.6 Å². The van der Waals surface area contributed by atoms with Crippen LogP contribution in [0.2, 0.25) is 0 Å². The van der Waals surface area contributed by atoms with E-state index in [9.17, 15) is 0 Å². The van der Waals surface area contributed by atoms with E-state index in [4.69, 9.17) is 0 Å². The van der Waals surface area contributed by atoms with Crippen molar-refractivity contribution in [3.05, 3.63) is 0 Å². The van der Waals surface area contributed by atoms with Crippen LogP contribution in [0.1, 0.15) is 19.3 Å². The molecule has 0 bridgehead atoms. The molecule has 0 spiro atoms. The topological polar surface area (TPSA) is 15.3 Å². The summed E-state index contributed by atoms with van der Waals surface area (Å²) in [6.45, 7) is 6.58. The van der Waals surface area contributed by atoms with Gasteiger partial charge in [-0.25, -0.2) is 0 Å². The van der Waals surface area contributed by atoms with E-state index in [1.165, 1.54) is 52.0 Å².